The van der Waals surface area contributed by atoms with Crippen LogP contribution in [0.4, 0.5) is 0 Å². The molecule has 0 unspecified atom stereocenters. The largest absolute Gasteiger partial charge is 0.297 e. The molecule has 1 aromatic heterocycles. The molecule has 0 aliphatic rings. The van der Waals surface area contributed by atoms with Gasteiger partial charge in [0.25, 0.3) is 0 Å². The molecular formula is C8H11NOS2. The van der Waals surface area contributed by atoms with Crippen LogP contribution in [0.3, 0.4) is 0 Å². The topological polar surface area (TPSA) is 30.0 Å². The molecule has 0 fully saturated rings. The van der Waals surface area contributed by atoms with Crippen LogP contribution in [-0.2, 0) is 5.75 Å². The van der Waals surface area contributed by atoms with E-state index in [1.54, 1.807) is 6.20 Å². The fraction of sp³-hybridized carbons (Fsp3) is 0.500. The Bertz CT molecular complexity index is 257. The number of rotatable bonds is 4. The lowest BCUT2D eigenvalue weighted by Gasteiger charge is -2.00. The molecule has 0 atom stereocenters. The number of carbonyl (C=O) groups excluding carboxylic acids is 1. The molecule has 0 bridgehead atoms. The molecule has 12 heavy (non-hydrogen) atoms. The van der Waals surface area contributed by atoms with E-state index in [-0.39, 0.29) is 0 Å². The SMILES string of the molecule is CC(C)SCc1ncc(C=O)s1. The van der Waals surface area contributed by atoms with Gasteiger partial charge in [-0.05, 0) is 5.25 Å². The number of thiazole rings is 1. The third kappa shape index (κ3) is 2.95. The highest BCUT2D eigenvalue weighted by molar-refractivity contribution is 7.99. The lowest BCUT2D eigenvalue weighted by Crippen LogP contribution is -1.87. The Morgan fingerprint density at radius 3 is 3.00 bits per heavy atom. The minimum Gasteiger partial charge on any atom is -0.297 e. The fourth-order valence-electron chi connectivity index (χ4n) is 0.684. The van der Waals surface area contributed by atoms with E-state index in [0.29, 0.717) is 10.1 Å². The number of hydrogen-bond acceptors (Lipinski definition) is 4. The molecule has 4 heteroatoms. The summed E-state index contributed by atoms with van der Waals surface area (Å²) in [5.74, 6) is 0.913. The van der Waals surface area contributed by atoms with Gasteiger partial charge in [-0.3, -0.25) is 4.79 Å². The molecule has 0 amide bonds. The lowest BCUT2D eigenvalue weighted by molar-refractivity contribution is 0.112. The zero-order valence-electron chi connectivity index (χ0n) is 7.11. The predicted octanol–water partition coefficient (Wildman–Crippen LogP) is 2.60. The van der Waals surface area contributed by atoms with E-state index in [2.05, 4.69) is 18.8 Å². The van der Waals surface area contributed by atoms with Crippen molar-refractivity contribution in [1.29, 1.82) is 0 Å². The third-order valence-electron chi connectivity index (χ3n) is 1.23. The maximum Gasteiger partial charge on any atom is 0.161 e. The van der Waals surface area contributed by atoms with Crippen LogP contribution in [0.15, 0.2) is 6.20 Å². The number of aldehydes is 1. The second-order valence-electron chi connectivity index (χ2n) is 2.63. The second-order valence-corrected chi connectivity index (χ2v) is 5.35. The molecule has 1 rings (SSSR count). The first-order valence-electron chi connectivity index (χ1n) is 3.74. The molecule has 0 radical (unpaired) electrons. The van der Waals surface area contributed by atoms with E-state index in [1.807, 2.05) is 11.8 Å². The van der Waals surface area contributed by atoms with Gasteiger partial charge in [-0.1, -0.05) is 13.8 Å². The van der Waals surface area contributed by atoms with E-state index in [4.69, 9.17) is 0 Å². The van der Waals surface area contributed by atoms with Crippen molar-refractivity contribution in [3.8, 4) is 0 Å². The fourth-order valence-corrected chi connectivity index (χ4v) is 2.20. The Kier molecular flexibility index (Phi) is 3.75. The molecule has 66 valence electrons. The Labute approximate surface area is 80.4 Å². The molecule has 0 aromatic carbocycles. The summed E-state index contributed by atoms with van der Waals surface area (Å²) in [5, 5.41) is 1.66. The van der Waals surface area contributed by atoms with Crippen molar-refractivity contribution in [1.82, 2.24) is 4.98 Å². The molecule has 1 heterocycles. The minimum atomic E-state index is 0.619. The molecule has 1 aromatic rings. The van der Waals surface area contributed by atoms with E-state index >= 15 is 0 Å². The first-order chi connectivity index (χ1) is 5.72. The van der Waals surface area contributed by atoms with Gasteiger partial charge in [-0.15, -0.1) is 11.3 Å². The quantitative estimate of drug-likeness (QED) is 0.701. The first kappa shape index (κ1) is 9.74. The average molecular weight is 201 g/mol. The zero-order valence-corrected chi connectivity index (χ0v) is 8.74. The summed E-state index contributed by atoms with van der Waals surface area (Å²) in [7, 11) is 0. The number of thioether (sulfide) groups is 1. The number of carbonyl (C=O) groups is 1. The second kappa shape index (κ2) is 4.62. The first-order valence-corrected chi connectivity index (χ1v) is 5.60. The van der Waals surface area contributed by atoms with Gasteiger partial charge in [0.1, 0.15) is 5.01 Å². The van der Waals surface area contributed by atoms with E-state index in [9.17, 15) is 4.79 Å². The van der Waals surface area contributed by atoms with Gasteiger partial charge >= 0.3 is 0 Å². The normalized spacial score (nSPS) is 10.6. The van der Waals surface area contributed by atoms with Crippen LogP contribution in [0.2, 0.25) is 0 Å². The Balaban J connectivity index is 2.47. The van der Waals surface area contributed by atoms with Crippen LogP contribution in [0.25, 0.3) is 0 Å². The molecule has 0 spiro atoms. The Morgan fingerprint density at radius 1 is 1.75 bits per heavy atom. The summed E-state index contributed by atoms with van der Waals surface area (Å²) >= 11 is 3.32. The monoisotopic (exact) mass is 201 g/mol. The van der Waals surface area contributed by atoms with Crippen molar-refractivity contribution < 1.29 is 4.79 Å². The molecule has 0 saturated carbocycles. The van der Waals surface area contributed by atoms with Crippen molar-refractivity contribution in [3.05, 3.63) is 16.1 Å². The van der Waals surface area contributed by atoms with Crippen molar-refractivity contribution in [3.63, 3.8) is 0 Å². The Hall–Kier alpha value is -0.350. The Morgan fingerprint density at radius 2 is 2.50 bits per heavy atom. The van der Waals surface area contributed by atoms with Crippen LogP contribution >= 0.6 is 23.1 Å². The van der Waals surface area contributed by atoms with Gasteiger partial charge in [-0.2, -0.15) is 11.8 Å². The zero-order chi connectivity index (χ0) is 8.97. The standard InChI is InChI=1S/C8H11NOS2/c1-6(2)11-5-8-9-3-7(4-10)12-8/h3-4,6H,5H2,1-2H3. The summed E-state index contributed by atoms with van der Waals surface area (Å²) in [6, 6.07) is 0. The lowest BCUT2D eigenvalue weighted by atomic mass is 10.6. The molecule has 2 nitrogen and oxygen atoms in total. The molecule has 0 saturated heterocycles. The van der Waals surface area contributed by atoms with Crippen molar-refractivity contribution in [2.24, 2.45) is 0 Å². The van der Waals surface area contributed by atoms with E-state index < -0.39 is 0 Å². The third-order valence-corrected chi connectivity index (χ3v) is 3.44. The van der Waals surface area contributed by atoms with Crippen molar-refractivity contribution >= 4 is 29.4 Å². The van der Waals surface area contributed by atoms with Crippen molar-refractivity contribution in [2.75, 3.05) is 0 Å². The minimum absolute atomic E-state index is 0.619. The summed E-state index contributed by atoms with van der Waals surface area (Å²) in [6.45, 7) is 4.30. The highest BCUT2D eigenvalue weighted by Gasteiger charge is 2.02. The average Bonchev–Trinajstić information content (AvgIpc) is 2.48. The van der Waals surface area contributed by atoms with Gasteiger partial charge in [0.15, 0.2) is 6.29 Å². The van der Waals surface area contributed by atoms with Gasteiger partial charge in [-0.25, -0.2) is 4.98 Å². The predicted molar refractivity (Wildman–Crippen MR) is 53.9 cm³/mol. The van der Waals surface area contributed by atoms with Gasteiger partial charge < -0.3 is 0 Å². The summed E-state index contributed by atoms with van der Waals surface area (Å²) in [4.78, 5) is 15.2. The number of nitrogens with zero attached hydrogens (tertiary/aromatic N) is 1. The summed E-state index contributed by atoms with van der Waals surface area (Å²) in [5.41, 5.74) is 0. The number of hydrogen-bond donors (Lipinski definition) is 0. The van der Waals surface area contributed by atoms with Crippen molar-refractivity contribution in [2.45, 2.75) is 24.9 Å². The molecular weight excluding hydrogens is 190 g/mol. The van der Waals surface area contributed by atoms with Gasteiger partial charge in [0.2, 0.25) is 0 Å². The summed E-state index contributed by atoms with van der Waals surface area (Å²) in [6.07, 6.45) is 2.48. The van der Waals surface area contributed by atoms with Crippen LogP contribution in [-0.4, -0.2) is 16.5 Å². The summed E-state index contributed by atoms with van der Waals surface area (Å²) < 4.78 is 0. The van der Waals surface area contributed by atoms with Crippen LogP contribution < -0.4 is 0 Å². The van der Waals surface area contributed by atoms with Gasteiger partial charge in [0.05, 0.1) is 4.88 Å². The highest BCUT2D eigenvalue weighted by atomic mass is 32.2. The maximum atomic E-state index is 10.3. The van der Waals surface area contributed by atoms with Crippen LogP contribution in [0.1, 0.15) is 28.5 Å². The maximum absolute atomic E-state index is 10.3. The number of aromatic nitrogens is 1. The molecule has 0 aliphatic carbocycles. The highest BCUT2D eigenvalue weighted by Crippen LogP contribution is 2.20. The molecule has 0 N–H and O–H groups in total. The van der Waals surface area contributed by atoms with Crippen LogP contribution in [0, 0.1) is 0 Å². The van der Waals surface area contributed by atoms with Gasteiger partial charge in [0, 0.05) is 11.9 Å². The van der Waals surface area contributed by atoms with Crippen LogP contribution in [0.5, 0.6) is 0 Å². The molecule has 0 aliphatic heterocycles. The van der Waals surface area contributed by atoms with E-state index in [1.165, 1.54) is 11.3 Å². The smallest absolute Gasteiger partial charge is 0.161 e. The van der Waals surface area contributed by atoms with E-state index in [0.717, 1.165) is 17.0 Å².